The molecule has 0 fully saturated rings. The zero-order chi connectivity index (χ0) is 33.0. The number of ether oxygens (including phenoxy) is 2. The molecule has 1 aromatic carbocycles. The van der Waals surface area contributed by atoms with Gasteiger partial charge in [0, 0.05) is 11.5 Å². The Morgan fingerprint density at radius 1 is 1.07 bits per heavy atom. The summed E-state index contributed by atoms with van der Waals surface area (Å²) >= 11 is 0. The van der Waals surface area contributed by atoms with E-state index in [-0.39, 0.29) is 24.5 Å². The van der Waals surface area contributed by atoms with Crippen LogP contribution in [-0.2, 0) is 28.7 Å². The number of nitrogens with two attached hydrogens (primary N) is 1. The number of Topliss-reactive ketones (excluding diaryl/α,β-unsaturated/α-hetero) is 2. The molecule has 1 aromatic rings. The first-order chi connectivity index (χ1) is 20.6. The van der Waals surface area contributed by atoms with Crippen LogP contribution >= 0.6 is 0 Å². The van der Waals surface area contributed by atoms with E-state index in [1.807, 2.05) is 0 Å². The molecule has 44 heavy (non-hydrogen) atoms. The fourth-order valence-corrected chi connectivity index (χ4v) is 6.56. The number of rotatable bonds is 8. The van der Waals surface area contributed by atoms with Gasteiger partial charge in [-0.3, -0.25) is 19.3 Å². The van der Waals surface area contributed by atoms with Gasteiger partial charge in [-0.1, -0.05) is 13.0 Å². The minimum Gasteiger partial charge on any atom is -0.510 e. The average Bonchev–Trinajstić information content (AvgIpc) is 2.94. The second kappa shape index (κ2) is 11.6. The molecule has 0 aliphatic heterocycles. The lowest BCUT2D eigenvalue weighted by atomic mass is 9.55. The first-order valence-electron chi connectivity index (χ1n) is 13.9. The number of carbonyl (C=O) groups is 5. The number of hydrogen-bond donors (Lipinski definition) is 7. The number of amides is 1. The van der Waals surface area contributed by atoms with Crippen LogP contribution in [0, 0.1) is 11.8 Å². The van der Waals surface area contributed by atoms with Gasteiger partial charge >= 0.3 is 11.9 Å². The van der Waals surface area contributed by atoms with Crippen LogP contribution in [0.1, 0.15) is 42.6 Å². The van der Waals surface area contributed by atoms with Crippen molar-refractivity contribution in [2.75, 3.05) is 32.6 Å². The molecule has 1 amide bonds. The monoisotopic (exact) mass is 617 g/mol. The number of aliphatic hydroxyl groups is 4. The molecular weight excluding hydrogens is 582 g/mol. The van der Waals surface area contributed by atoms with Gasteiger partial charge in [0.25, 0.3) is 5.91 Å². The molecule has 0 aromatic heterocycles. The molecule has 15 nitrogen and oxygen atoms in total. The Morgan fingerprint density at radius 3 is 2.14 bits per heavy atom. The summed E-state index contributed by atoms with van der Waals surface area (Å²) < 4.78 is 9.85. The number of fused-ring (bicyclic) bond motifs is 3. The number of benzene rings is 1. The highest BCUT2D eigenvalue weighted by atomic mass is 16.6. The van der Waals surface area contributed by atoms with Crippen molar-refractivity contribution < 1.29 is 59.0 Å². The van der Waals surface area contributed by atoms with Crippen molar-refractivity contribution in [2.45, 2.75) is 50.5 Å². The number of ketones is 2. The van der Waals surface area contributed by atoms with Crippen LogP contribution in [0.4, 0.5) is 5.69 Å². The van der Waals surface area contributed by atoms with Crippen LogP contribution in [0.5, 0.6) is 5.75 Å². The normalized spacial score (nSPS) is 28.0. The maximum absolute atomic E-state index is 14.0. The smallest absolute Gasteiger partial charge is 0.340 e. The van der Waals surface area contributed by atoms with E-state index in [1.54, 1.807) is 6.92 Å². The third-order valence-corrected chi connectivity index (χ3v) is 8.48. The predicted molar refractivity (Wildman–Crippen MR) is 150 cm³/mol. The fourth-order valence-electron chi connectivity index (χ4n) is 6.56. The lowest BCUT2D eigenvalue weighted by Crippen LogP contribution is -2.68. The van der Waals surface area contributed by atoms with Crippen LogP contribution in [0.15, 0.2) is 34.8 Å². The molecule has 15 heteroatoms. The molecule has 3 aliphatic rings. The number of aliphatic hydroxyl groups excluding tert-OH is 3. The fraction of sp³-hybridized carbons (Fsp3) is 0.483. The van der Waals surface area contributed by atoms with Crippen LogP contribution in [0.2, 0.25) is 0 Å². The summed E-state index contributed by atoms with van der Waals surface area (Å²) in [6, 6.07) is -0.399. The Labute approximate surface area is 251 Å². The summed E-state index contributed by atoms with van der Waals surface area (Å²) in [4.78, 5) is 66.0. The molecule has 0 saturated carbocycles. The van der Waals surface area contributed by atoms with Crippen molar-refractivity contribution in [3.63, 3.8) is 0 Å². The molecule has 0 saturated heterocycles. The summed E-state index contributed by atoms with van der Waals surface area (Å²) in [5.74, 6) is -12.5. The van der Waals surface area contributed by atoms with E-state index >= 15 is 0 Å². The molecule has 4 rings (SSSR count). The number of carbonyl (C=O) groups excluding carboxylic acids is 5. The van der Waals surface area contributed by atoms with E-state index in [1.165, 1.54) is 45.0 Å². The Hall–Kier alpha value is -4.47. The summed E-state index contributed by atoms with van der Waals surface area (Å²) in [5, 5.41) is 59.6. The zero-order valence-corrected chi connectivity index (χ0v) is 24.7. The number of primary amides is 1. The summed E-state index contributed by atoms with van der Waals surface area (Å²) in [6.45, 7) is 4.48. The van der Waals surface area contributed by atoms with Crippen molar-refractivity contribution >= 4 is 35.1 Å². The van der Waals surface area contributed by atoms with E-state index in [0.29, 0.717) is 0 Å². The van der Waals surface area contributed by atoms with Crippen molar-refractivity contribution in [3.05, 3.63) is 45.9 Å². The van der Waals surface area contributed by atoms with Crippen LogP contribution < -0.4 is 11.1 Å². The molecule has 0 bridgehead atoms. The quantitative estimate of drug-likeness (QED) is 0.0846. The van der Waals surface area contributed by atoms with Gasteiger partial charge in [-0.2, -0.15) is 0 Å². The third kappa shape index (κ3) is 4.58. The predicted octanol–water partition coefficient (Wildman–Crippen LogP) is -0.441. The number of nitrogens with one attached hydrogen (secondary N) is 1. The van der Waals surface area contributed by atoms with Gasteiger partial charge in [0.05, 0.1) is 42.5 Å². The minimum absolute atomic E-state index is 0.0680. The second-order valence-electron chi connectivity index (χ2n) is 11.1. The van der Waals surface area contributed by atoms with E-state index in [2.05, 4.69) is 5.32 Å². The van der Waals surface area contributed by atoms with Gasteiger partial charge in [0.15, 0.2) is 11.4 Å². The number of aromatic hydroxyl groups is 1. The maximum Gasteiger partial charge on any atom is 0.340 e. The number of phenols is 1. The van der Waals surface area contributed by atoms with Crippen LogP contribution in [0.3, 0.4) is 0 Å². The van der Waals surface area contributed by atoms with E-state index in [4.69, 9.17) is 15.2 Å². The molecular formula is C29H35N3O12. The first-order valence-corrected chi connectivity index (χ1v) is 13.9. The van der Waals surface area contributed by atoms with E-state index < -0.39 is 105 Å². The molecule has 3 aliphatic carbocycles. The SMILES string of the molecule is CCOC(=O)C(Nc1ccc2c(c1O)C(=O)C1=C(O)[C@]3(O)C(=O)C(C(N)=O)=C(O)[C@@H](N(C)C)[C@@H]3[C@@H](O)[C@@H]1[C@H]2C)C(=O)OCC. The first kappa shape index (κ1) is 32.4. The van der Waals surface area contributed by atoms with Crippen molar-refractivity contribution in [2.24, 2.45) is 17.6 Å². The van der Waals surface area contributed by atoms with Gasteiger partial charge in [-0.15, -0.1) is 0 Å². The van der Waals surface area contributed by atoms with Gasteiger partial charge in [0.1, 0.15) is 22.8 Å². The second-order valence-corrected chi connectivity index (χ2v) is 11.1. The van der Waals surface area contributed by atoms with Gasteiger partial charge in [-0.25, -0.2) is 9.59 Å². The van der Waals surface area contributed by atoms with Crippen LogP contribution in [0.25, 0.3) is 0 Å². The Bertz CT molecular complexity index is 1500. The molecule has 8 N–H and O–H groups in total. The van der Waals surface area contributed by atoms with Gasteiger partial charge in [-0.05, 0) is 45.5 Å². The summed E-state index contributed by atoms with van der Waals surface area (Å²) in [7, 11) is 2.88. The largest absolute Gasteiger partial charge is 0.510 e. The van der Waals surface area contributed by atoms with Crippen molar-refractivity contribution in [3.8, 4) is 5.75 Å². The number of esters is 2. The molecule has 6 atom stereocenters. The number of phenolic OH excluding ortho intramolecular Hbond substituents is 1. The van der Waals surface area contributed by atoms with E-state index in [9.17, 15) is 49.5 Å². The highest BCUT2D eigenvalue weighted by Gasteiger charge is 2.67. The highest BCUT2D eigenvalue weighted by Crippen LogP contribution is 2.56. The molecule has 0 heterocycles. The lowest BCUT2D eigenvalue weighted by Gasteiger charge is -2.53. The molecule has 238 valence electrons. The average molecular weight is 618 g/mol. The highest BCUT2D eigenvalue weighted by molar-refractivity contribution is 6.25. The van der Waals surface area contributed by atoms with Gasteiger partial charge < -0.3 is 46.1 Å². The van der Waals surface area contributed by atoms with Gasteiger partial charge in [0.2, 0.25) is 11.8 Å². The number of hydrogen-bond acceptors (Lipinski definition) is 14. The van der Waals surface area contributed by atoms with E-state index in [0.717, 1.165) is 0 Å². The zero-order valence-electron chi connectivity index (χ0n) is 24.7. The summed E-state index contributed by atoms with van der Waals surface area (Å²) in [5.41, 5.74) is 0.206. The molecule has 0 unspecified atom stereocenters. The Balaban J connectivity index is 1.90. The third-order valence-electron chi connectivity index (χ3n) is 8.48. The molecule has 0 radical (unpaired) electrons. The maximum atomic E-state index is 14.0. The topological polar surface area (TPSA) is 246 Å². The number of nitrogens with zero attached hydrogens (tertiary/aromatic N) is 1. The minimum atomic E-state index is -3.06. The number of likely N-dealkylation sites (N-methyl/N-ethyl adjacent to an activating group) is 1. The standard InChI is InChI=1S/C29H35N3O12/c1-6-43-27(40)18(28(41)44-7-2)31-12-9-8-11-10(3)13-15(21(34)14(11)20(12)33)24(37)29(42)17(22(13)35)19(32(4)5)23(36)16(25(29)38)26(30)39/h8-10,13,17-19,22,31,33,35-37,42H,6-7H2,1-5H3,(H2,30,39)/t10-,13+,17+,19-,22-,29-/m0/s1. The van der Waals surface area contributed by atoms with Crippen molar-refractivity contribution in [1.29, 1.82) is 0 Å². The lowest BCUT2D eigenvalue weighted by molar-refractivity contribution is -0.162. The Kier molecular flexibility index (Phi) is 8.52. The Morgan fingerprint density at radius 2 is 1.64 bits per heavy atom. The summed E-state index contributed by atoms with van der Waals surface area (Å²) in [6.07, 6.45) is -1.75. The molecule has 0 spiro atoms. The van der Waals surface area contributed by atoms with Crippen molar-refractivity contribution in [1.82, 2.24) is 4.90 Å². The van der Waals surface area contributed by atoms with Crippen LogP contribution in [-0.4, -0.2) is 111 Å². The number of anilines is 1.